The zero-order valence-corrected chi connectivity index (χ0v) is 23.4. The molecule has 208 valence electrons. The highest BCUT2D eigenvalue weighted by Crippen LogP contribution is 2.40. The number of anilines is 1. The van der Waals surface area contributed by atoms with E-state index < -0.39 is 6.04 Å². The average Bonchev–Trinajstić information content (AvgIpc) is 3.63. The van der Waals surface area contributed by atoms with Gasteiger partial charge in [-0.05, 0) is 62.1 Å². The van der Waals surface area contributed by atoms with Crippen molar-refractivity contribution in [3.8, 4) is 11.5 Å². The summed E-state index contributed by atoms with van der Waals surface area (Å²) in [7, 11) is 3.09. The average molecular weight is 542 g/mol. The van der Waals surface area contributed by atoms with Gasteiger partial charge in [0.15, 0.2) is 11.5 Å². The Hall–Kier alpha value is -4.40. The second kappa shape index (κ2) is 11.8. The molecule has 4 aromatic rings. The van der Waals surface area contributed by atoms with E-state index in [1.54, 1.807) is 29.9 Å². The lowest BCUT2D eigenvalue weighted by Gasteiger charge is -2.34. The van der Waals surface area contributed by atoms with E-state index in [-0.39, 0.29) is 24.4 Å². The first-order valence-electron chi connectivity index (χ1n) is 13.6. The third-order valence-corrected chi connectivity index (χ3v) is 7.75. The number of fused-ring (bicyclic) bond motifs is 1. The molecule has 0 bridgehead atoms. The van der Waals surface area contributed by atoms with Crippen LogP contribution in [0.3, 0.4) is 0 Å². The van der Waals surface area contributed by atoms with Gasteiger partial charge in [0, 0.05) is 17.3 Å². The first-order chi connectivity index (χ1) is 19.4. The molecule has 5 rings (SSSR count). The number of aryl methyl sites for hydroxylation is 1. The maximum absolute atomic E-state index is 14.4. The predicted molar refractivity (Wildman–Crippen MR) is 154 cm³/mol. The SMILES string of the molecule is COc1cccc([C@@H](C(=O)NC2CCCC2)N(C(=O)Cn2nnc3ccccc32)c2cccc(C)c2C)c1OC. The number of nitrogens with one attached hydrogen (secondary N) is 1. The Morgan fingerprint density at radius 1 is 1.00 bits per heavy atom. The molecule has 9 nitrogen and oxygen atoms in total. The van der Waals surface area contributed by atoms with Gasteiger partial charge in [0.25, 0.3) is 0 Å². The van der Waals surface area contributed by atoms with Crippen LogP contribution in [0.5, 0.6) is 11.5 Å². The molecule has 1 N–H and O–H groups in total. The van der Waals surface area contributed by atoms with Gasteiger partial charge >= 0.3 is 0 Å². The van der Waals surface area contributed by atoms with Crippen molar-refractivity contribution in [2.45, 2.75) is 58.2 Å². The minimum atomic E-state index is -1.02. The normalized spacial score (nSPS) is 14.2. The summed E-state index contributed by atoms with van der Waals surface area (Å²) in [4.78, 5) is 30.3. The van der Waals surface area contributed by atoms with Crippen molar-refractivity contribution in [1.29, 1.82) is 0 Å². The highest BCUT2D eigenvalue weighted by Gasteiger charge is 2.38. The van der Waals surface area contributed by atoms with E-state index in [0.29, 0.717) is 28.3 Å². The van der Waals surface area contributed by atoms with E-state index in [1.807, 2.05) is 68.4 Å². The molecule has 0 radical (unpaired) electrons. The zero-order chi connectivity index (χ0) is 28.2. The lowest BCUT2D eigenvalue weighted by molar-refractivity contribution is -0.127. The second-order valence-electron chi connectivity index (χ2n) is 10.2. The third kappa shape index (κ3) is 5.23. The molecule has 1 aliphatic carbocycles. The van der Waals surface area contributed by atoms with Gasteiger partial charge in [-0.25, -0.2) is 4.68 Å². The highest BCUT2D eigenvalue weighted by atomic mass is 16.5. The number of carbonyl (C=O) groups excluding carboxylic acids is 2. The molecule has 0 aliphatic heterocycles. The molecule has 3 aromatic carbocycles. The summed E-state index contributed by atoms with van der Waals surface area (Å²) >= 11 is 0. The fourth-order valence-electron chi connectivity index (χ4n) is 5.53. The quantitative estimate of drug-likeness (QED) is 0.324. The zero-order valence-electron chi connectivity index (χ0n) is 23.4. The molecule has 9 heteroatoms. The maximum atomic E-state index is 14.4. The molecular weight excluding hydrogens is 506 g/mol. The van der Waals surface area contributed by atoms with Crippen molar-refractivity contribution in [2.24, 2.45) is 0 Å². The summed E-state index contributed by atoms with van der Waals surface area (Å²) in [5, 5.41) is 11.7. The first-order valence-corrected chi connectivity index (χ1v) is 13.6. The van der Waals surface area contributed by atoms with Gasteiger partial charge < -0.3 is 14.8 Å². The van der Waals surface area contributed by atoms with Crippen LogP contribution in [0.1, 0.15) is 48.4 Å². The van der Waals surface area contributed by atoms with Crippen LogP contribution in [0, 0.1) is 13.8 Å². The summed E-state index contributed by atoms with van der Waals surface area (Å²) in [6.07, 6.45) is 3.96. The molecule has 0 saturated heterocycles. The Labute approximate surface area is 234 Å². The van der Waals surface area contributed by atoms with Gasteiger partial charge in [-0.1, -0.05) is 54.5 Å². The minimum Gasteiger partial charge on any atom is -0.493 e. The second-order valence-corrected chi connectivity index (χ2v) is 10.2. The fourth-order valence-corrected chi connectivity index (χ4v) is 5.53. The Kier molecular flexibility index (Phi) is 8.00. The summed E-state index contributed by atoms with van der Waals surface area (Å²) < 4.78 is 12.9. The molecule has 40 heavy (non-hydrogen) atoms. The number of nitrogens with zero attached hydrogens (tertiary/aromatic N) is 4. The summed E-state index contributed by atoms with van der Waals surface area (Å²) in [5.41, 5.74) is 4.52. The lowest BCUT2D eigenvalue weighted by atomic mass is 9.98. The van der Waals surface area contributed by atoms with Crippen LogP contribution in [-0.2, 0) is 16.1 Å². The Bertz CT molecular complexity index is 1530. The maximum Gasteiger partial charge on any atom is 0.249 e. The van der Waals surface area contributed by atoms with Crippen molar-refractivity contribution in [3.63, 3.8) is 0 Å². The van der Waals surface area contributed by atoms with Gasteiger partial charge in [0.2, 0.25) is 11.8 Å². The number of para-hydroxylation sites is 2. The molecule has 1 aliphatic rings. The van der Waals surface area contributed by atoms with Crippen LogP contribution < -0.4 is 19.7 Å². The van der Waals surface area contributed by atoms with E-state index in [2.05, 4.69) is 15.6 Å². The van der Waals surface area contributed by atoms with Gasteiger partial charge in [-0.3, -0.25) is 14.5 Å². The van der Waals surface area contributed by atoms with Crippen LogP contribution >= 0.6 is 0 Å². The highest BCUT2D eigenvalue weighted by molar-refractivity contribution is 6.02. The fraction of sp³-hybridized carbons (Fsp3) is 0.355. The topological polar surface area (TPSA) is 98.6 Å². The van der Waals surface area contributed by atoms with Crippen molar-refractivity contribution in [2.75, 3.05) is 19.1 Å². The number of hydrogen-bond acceptors (Lipinski definition) is 6. The lowest BCUT2D eigenvalue weighted by Crippen LogP contribution is -2.47. The van der Waals surface area contributed by atoms with Crippen LogP contribution in [0.25, 0.3) is 11.0 Å². The molecule has 0 spiro atoms. The minimum absolute atomic E-state index is 0.0569. The predicted octanol–water partition coefficient (Wildman–Crippen LogP) is 4.90. The molecule has 1 heterocycles. The van der Waals surface area contributed by atoms with E-state index in [0.717, 1.165) is 42.3 Å². The van der Waals surface area contributed by atoms with Gasteiger partial charge in [-0.15, -0.1) is 5.10 Å². The monoisotopic (exact) mass is 541 g/mol. The number of amides is 2. The van der Waals surface area contributed by atoms with Crippen molar-refractivity contribution >= 4 is 28.5 Å². The number of aromatic nitrogens is 3. The molecule has 0 unspecified atom stereocenters. The standard InChI is InChI=1S/C31H35N5O4/c1-20-11-9-17-25(21(20)2)36(28(37)19-35-26-16-8-7-15-24(26)33-34-35)29(31(38)32-22-12-5-6-13-22)23-14-10-18-27(39-3)30(23)40-4/h7-11,14-18,22,29H,5-6,12-13,19H2,1-4H3,(H,32,38)/t29-/m0/s1. The molecule has 1 saturated carbocycles. The van der Waals surface area contributed by atoms with Gasteiger partial charge in [0.05, 0.1) is 19.7 Å². The number of methoxy groups -OCH3 is 2. The van der Waals surface area contributed by atoms with Crippen LogP contribution in [0.2, 0.25) is 0 Å². The summed E-state index contributed by atoms with van der Waals surface area (Å²) in [5.74, 6) is 0.317. The van der Waals surface area contributed by atoms with Gasteiger partial charge in [0.1, 0.15) is 18.1 Å². The van der Waals surface area contributed by atoms with E-state index >= 15 is 0 Å². The van der Waals surface area contributed by atoms with Crippen LogP contribution in [-0.4, -0.2) is 47.1 Å². The number of carbonyl (C=O) groups is 2. The molecule has 1 atom stereocenters. The van der Waals surface area contributed by atoms with Crippen molar-refractivity contribution in [1.82, 2.24) is 20.3 Å². The number of hydrogen-bond donors (Lipinski definition) is 1. The van der Waals surface area contributed by atoms with Crippen LogP contribution in [0.4, 0.5) is 5.69 Å². The van der Waals surface area contributed by atoms with Crippen molar-refractivity contribution < 1.29 is 19.1 Å². The largest absolute Gasteiger partial charge is 0.493 e. The van der Waals surface area contributed by atoms with Gasteiger partial charge in [-0.2, -0.15) is 0 Å². The summed E-state index contributed by atoms with van der Waals surface area (Å²) in [6, 6.07) is 17.7. The van der Waals surface area contributed by atoms with Crippen LogP contribution in [0.15, 0.2) is 60.7 Å². The number of benzene rings is 3. The van der Waals surface area contributed by atoms with Crippen molar-refractivity contribution in [3.05, 3.63) is 77.4 Å². The molecule has 2 amide bonds. The smallest absolute Gasteiger partial charge is 0.249 e. The Morgan fingerprint density at radius 2 is 1.75 bits per heavy atom. The van der Waals surface area contributed by atoms with E-state index in [1.165, 1.54) is 0 Å². The Morgan fingerprint density at radius 3 is 2.50 bits per heavy atom. The van der Waals surface area contributed by atoms with E-state index in [9.17, 15) is 9.59 Å². The Balaban J connectivity index is 1.67. The summed E-state index contributed by atoms with van der Waals surface area (Å²) in [6.45, 7) is 3.85. The molecular formula is C31H35N5O4. The van der Waals surface area contributed by atoms with E-state index in [4.69, 9.17) is 9.47 Å². The molecule has 1 aromatic heterocycles. The first kappa shape index (κ1) is 27.2. The third-order valence-electron chi connectivity index (χ3n) is 7.75. The molecule has 1 fully saturated rings. The number of rotatable bonds is 9. The number of ether oxygens (including phenoxy) is 2.